The maximum Gasteiger partial charge on any atom is 0.294 e. The Morgan fingerprint density at radius 2 is 2.16 bits per heavy atom. The summed E-state index contributed by atoms with van der Waals surface area (Å²) in [6, 6.07) is 2.49. The minimum Gasteiger partial charge on any atom is -0.363 e. The zero-order valence-corrected chi connectivity index (χ0v) is 11.5. The molecule has 0 amide bonds. The largest absolute Gasteiger partial charge is 0.363 e. The standard InChI is InChI=1S/C12H15ClFN3O2/c1-8-7-16(4-3-15(8)2)11-6-10(14)9(13)5-12(11)17(18)19/h5-6,8H,3-4,7H2,1-2H3. The number of piperazine rings is 1. The number of likely N-dealkylation sites (N-methyl/N-ethyl adjacent to an activating group) is 1. The van der Waals surface area contributed by atoms with Gasteiger partial charge in [0.1, 0.15) is 11.5 Å². The molecule has 1 heterocycles. The average Bonchev–Trinajstić information content (AvgIpc) is 2.35. The molecule has 5 nitrogen and oxygen atoms in total. The lowest BCUT2D eigenvalue weighted by molar-refractivity contribution is -0.384. The lowest BCUT2D eigenvalue weighted by atomic mass is 10.1. The number of anilines is 1. The van der Waals surface area contributed by atoms with Crippen molar-refractivity contribution < 1.29 is 9.31 Å². The van der Waals surface area contributed by atoms with E-state index in [0.717, 1.165) is 18.7 Å². The van der Waals surface area contributed by atoms with Gasteiger partial charge in [-0.3, -0.25) is 10.1 Å². The van der Waals surface area contributed by atoms with Crippen LogP contribution < -0.4 is 4.90 Å². The Hall–Kier alpha value is -1.40. The summed E-state index contributed by atoms with van der Waals surface area (Å²) < 4.78 is 13.6. The van der Waals surface area contributed by atoms with E-state index < -0.39 is 10.7 Å². The fourth-order valence-corrected chi connectivity index (χ4v) is 2.35. The molecular weight excluding hydrogens is 273 g/mol. The van der Waals surface area contributed by atoms with Crippen molar-refractivity contribution in [2.24, 2.45) is 0 Å². The Morgan fingerprint density at radius 1 is 1.47 bits per heavy atom. The Balaban J connectivity index is 2.38. The lowest BCUT2D eigenvalue weighted by Crippen LogP contribution is -2.50. The first-order chi connectivity index (χ1) is 8.90. The molecule has 2 rings (SSSR count). The average molecular weight is 288 g/mol. The molecule has 1 aliphatic rings. The highest BCUT2D eigenvalue weighted by Crippen LogP contribution is 2.34. The predicted molar refractivity (Wildman–Crippen MR) is 72.4 cm³/mol. The molecule has 1 aromatic rings. The highest BCUT2D eigenvalue weighted by Gasteiger charge is 2.27. The van der Waals surface area contributed by atoms with E-state index in [2.05, 4.69) is 4.90 Å². The fourth-order valence-electron chi connectivity index (χ4n) is 2.19. The SMILES string of the molecule is CC1CN(c2cc(F)c(Cl)cc2[N+](=O)[O-])CCN1C. The third-order valence-corrected chi connectivity index (χ3v) is 3.80. The van der Waals surface area contributed by atoms with E-state index in [1.54, 1.807) is 0 Å². The third-order valence-electron chi connectivity index (χ3n) is 3.51. The van der Waals surface area contributed by atoms with Crippen LogP contribution >= 0.6 is 11.6 Å². The number of rotatable bonds is 2. The summed E-state index contributed by atoms with van der Waals surface area (Å²) >= 11 is 5.61. The second-order valence-corrected chi connectivity index (χ2v) is 5.19. The molecule has 0 aliphatic carbocycles. The Bertz CT molecular complexity index is 512. The molecular formula is C12H15ClFN3O2. The van der Waals surface area contributed by atoms with Crippen LogP contribution in [0.5, 0.6) is 0 Å². The van der Waals surface area contributed by atoms with Gasteiger partial charge in [0, 0.05) is 37.8 Å². The van der Waals surface area contributed by atoms with Crippen LogP contribution in [0.15, 0.2) is 12.1 Å². The minimum absolute atomic E-state index is 0.150. The summed E-state index contributed by atoms with van der Waals surface area (Å²) in [4.78, 5) is 14.5. The number of nitro benzene ring substituents is 1. The number of nitro groups is 1. The van der Waals surface area contributed by atoms with E-state index in [-0.39, 0.29) is 16.8 Å². The fraction of sp³-hybridized carbons (Fsp3) is 0.500. The summed E-state index contributed by atoms with van der Waals surface area (Å²) in [5.74, 6) is -0.631. The zero-order valence-electron chi connectivity index (χ0n) is 10.8. The zero-order chi connectivity index (χ0) is 14.2. The summed E-state index contributed by atoms with van der Waals surface area (Å²) in [5.41, 5.74) is 0.148. The molecule has 7 heteroatoms. The number of benzene rings is 1. The van der Waals surface area contributed by atoms with Gasteiger partial charge < -0.3 is 9.80 Å². The smallest absolute Gasteiger partial charge is 0.294 e. The van der Waals surface area contributed by atoms with Gasteiger partial charge in [-0.15, -0.1) is 0 Å². The van der Waals surface area contributed by atoms with Crippen LogP contribution in [0.2, 0.25) is 5.02 Å². The molecule has 1 saturated heterocycles. The highest BCUT2D eigenvalue weighted by atomic mass is 35.5. The third kappa shape index (κ3) is 2.79. The van der Waals surface area contributed by atoms with E-state index in [9.17, 15) is 14.5 Å². The van der Waals surface area contributed by atoms with Crippen LogP contribution in [0.4, 0.5) is 15.8 Å². The van der Waals surface area contributed by atoms with Crippen LogP contribution in [0.1, 0.15) is 6.92 Å². The van der Waals surface area contributed by atoms with E-state index in [0.29, 0.717) is 18.8 Å². The first-order valence-electron chi connectivity index (χ1n) is 5.98. The molecule has 0 bridgehead atoms. The maximum atomic E-state index is 13.6. The van der Waals surface area contributed by atoms with Crippen molar-refractivity contribution in [2.75, 3.05) is 31.6 Å². The van der Waals surface area contributed by atoms with Crippen LogP contribution in [-0.2, 0) is 0 Å². The van der Waals surface area contributed by atoms with Gasteiger partial charge in [-0.25, -0.2) is 4.39 Å². The van der Waals surface area contributed by atoms with Crippen molar-refractivity contribution in [1.29, 1.82) is 0 Å². The topological polar surface area (TPSA) is 49.6 Å². The number of nitrogens with zero attached hydrogens (tertiary/aromatic N) is 3. The summed E-state index contributed by atoms with van der Waals surface area (Å²) in [6.45, 7) is 4.06. The van der Waals surface area contributed by atoms with Gasteiger partial charge in [-0.1, -0.05) is 11.6 Å². The van der Waals surface area contributed by atoms with Crippen molar-refractivity contribution >= 4 is 23.0 Å². The van der Waals surface area contributed by atoms with E-state index >= 15 is 0 Å². The molecule has 104 valence electrons. The molecule has 0 spiro atoms. The quantitative estimate of drug-likeness (QED) is 0.619. The van der Waals surface area contributed by atoms with Crippen LogP contribution in [0, 0.1) is 15.9 Å². The van der Waals surface area contributed by atoms with Crippen molar-refractivity contribution in [3.63, 3.8) is 0 Å². The van der Waals surface area contributed by atoms with Gasteiger partial charge in [-0.05, 0) is 14.0 Å². The Kier molecular flexibility index (Phi) is 3.91. The normalized spacial score (nSPS) is 20.6. The van der Waals surface area contributed by atoms with Gasteiger partial charge in [0.05, 0.1) is 9.95 Å². The van der Waals surface area contributed by atoms with Crippen molar-refractivity contribution in [1.82, 2.24) is 4.90 Å². The van der Waals surface area contributed by atoms with Gasteiger partial charge >= 0.3 is 0 Å². The number of hydrogen-bond acceptors (Lipinski definition) is 4. The number of hydrogen-bond donors (Lipinski definition) is 0. The van der Waals surface area contributed by atoms with E-state index in [4.69, 9.17) is 11.6 Å². The minimum atomic E-state index is -0.631. The first-order valence-corrected chi connectivity index (χ1v) is 6.36. The molecule has 0 N–H and O–H groups in total. The lowest BCUT2D eigenvalue weighted by Gasteiger charge is -2.38. The number of halogens is 2. The molecule has 0 saturated carbocycles. The van der Waals surface area contributed by atoms with Gasteiger partial charge in [0.2, 0.25) is 0 Å². The molecule has 19 heavy (non-hydrogen) atoms. The second-order valence-electron chi connectivity index (χ2n) is 4.79. The molecule has 1 aromatic carbocycles. The summed E-state index contributed by atoms with van der Waals surface area (Å²) in [6.07, 6.45) is 0. The van der Waals surface area contributed by atoms with E-state index in [1.807, 2.05) is 18.9 Å². The van der Waals surface area contributed by atoms with Gasteiger partial charge in [0.15, 0.2) is 0 Å². The predicted octanol–water partition coefficient (Wildman–Crippen LogP) is 2.53. The molecule has 1 fully saturated rings. The molecule has 0 aromatic heterocycles. The van der Waals surface area contributed by atoms with Crippen molar-refractivity contribution in [3.05, 3.63) is 33.1 Å². The molecule has 1 atom stereocenters. The maximum absolute atomic E-state index is 13.6. The van der Waals surface area contributed by atoms with Crippen LogP contribution in [0.3, 0.4) is 0 Å². The Labute approximate surface area is 115 Å². The monoisotopic (exact) mass is 287 g/mol. The second kappa shape index (κ2) is 5.30. The Morgan fingerprint density at radius 3 is 2.74 bits per heavy atom. The molecule has 1 unspecified atom stereocenters. The van der Waals surface area contributed by atoms with Crippen LogP contribution in [-0.4, -0.2) is 42.5 Å². The molecule has 1 aliphatic heterocycles. The molecule has 0 radical (unpaired) electrons. The van der Waals surface area contributed by atoms with Crippen molar-refractivity contribution in [2.45, 2.75) is 13.0 Å². The van der Waals surface area contributed by atoms with Gasteiger partial charge in [0.25, 0.3) is 5.69 Å². The highest BCUT2D eigenvalue weighted by molar-refractivity contribution is 6.31. The summed E-state index contributed by atoms with van der Waals surface area (Å²) in [7, 11) is 2.00. The van der Waals surface area contributed by atoms with E-state index in [1.165, 1.54) is 0 Å². The first kappa shape index (κ1) is 14.0. The van der Waals surface area contributed by atoms with Crippen molar-refractivity contribution in [3.8, 4) is 0 Å². The van der Waals surface area contributed by atoms with Crippen LogP contribution in [0.25, 0.3) is 0 Å². The van der Waals surface area contributed by atoms with Gasteiger partial charge in [-0.2, -0.15) is 0 Å². The summed E-state index contributed by atoms with van der Waals surface area (Å²) in [5, 5.41) is 10.8.